The van der Waals surface area contributed by atoms with E-state index in [0.717, 1.165) is 43.9 Å². The smallest absolute Gasteiger partial charge is 0.324 e. The van der Waals surface area contributed by atoms with E-state index >= 15 is 0 Å². The highest BCUT2D eigenvalue weighted by atomic mass is 35.5. The molecule has 29 heavy (non-hydrogen) atoms. The Labute approximate surface area is 176 Å². The topological polar surface area (TPSA) is 29.1 Å². The highest BCUT2D eigenvalue weighted by molar-refractivity contribution is 6.33. The van der Waals surface area contributed by atoms with Gasteiger partial charge < -0.3 is 5.32 Å². The predicted molar refractivity (Wildman–Crippen MR) is 106 cm³/mol. The Morgan fingerprint density at radius 1 is 1.17 bits per heavy atom. The number of carbonyl (C=O) groups excluding carboxylic acids is 1. The average molecular weight is 448 g/mol. The summed E-state index contributed by atoms with van der Waals surface area (Å²) >= 11 is 11.8. The van der Waals surface area contributed by atoms with Crippen molar-refractivity contribution >= 4 is 34.8 Å². The normalized spacial score (nSPS) is 16.4. The molecule has 1 fully saturated rings. The van der Waals surface area contributed by atoms with E-state index in [0.29, 0.717) is 5.92 Å². The van der Waals surface area contributed by atoms with Gasteiger partial charge in [0.25, 0.3) is 0 Å². The SMILES string of the molecule is C[C@H]([C@H](C(=O)Nc1cc(CC2CC2)ccc1Cl)c1ccc(Cl)cc1F)C(F)(F)F. The number of benzene rings is 2. The van der Waals surface area contributed by atoms with Crippen molar-refractivity contribution in [3.8, 4) is 0 Å². The first-order valence-corrected chi connectivity index (χ1v) is 9.93. The van der Waals surface area contributed by atoms with Crippen molar-refractivity contribution in [3.63, 3.8) is 0 Å². The van der Waals surface area contributed by atoms with Crippen molar-refractivity contribution in [2.75, 3.05) is 5.32 Å². The lowest BCUT2D eigenvalue weighted by Crippen LogP contribution is -2.35. The van der Waals surface area contributed by atoms with E-state index in [4.69, 9.17) is 23.2 Å². The molecule has 2 aromatic carbocycles. The van der Waals surface area contributed by atoms with Gasteiger partial charge in [-0.05, 0) is 55.0 Å². The van der Waals surface area contributed by atoms with Crippen LogP contribution in [-0.4, -0.2) is 12.1 Å². The molecule has 1 saturated carbocycles. The van der Waals surface area contributed by atoms with Gasteiger partial charge in [-0.25, -0.2) is 4.39 Å². The maximum absolute atomic E-state index is 14.4. The van der Waals surface area contributed by atoms with Crippen molar-refractivity contribution in [2.45, 2.75) is 38.3 Å². The highest BCUT2D eigenvalue weighted by Crippen LogP contribution is 2.40. The summed E-state index contributed by atoms with van der Waals surface area (Å²) in [5, 5.41) is 2.70. The molecule has 8 heteroatoms. The number of amides is 1. The number of nitrogens with one attached hydrogen (secondary N) is 1. The fraction of sp³-hybridized carbons (Fsp3) is 0.381. The summed E-state index contributed by atoms with van der Waals surface area (Å²) in [5.41, 5.74) is 0.774. The molecule has 0 bridgehead atoms. The molecule has 0 radical (unpaired) electrons. The van der Waals surface area contributed by atoms with Crippen molar-refractivity contribution in [1.82, 2.24) is 0 Å². The lowest BCUT2D eigenvalue weighted by Gasteiger charge is -2.26. The first-order valence-electron chi connectivity index (χ1n) is 9.17. The largest absolute Gasteiger partial charge is 0.392 e. The first-order chi connectivity index (χ1) is 13.6. The van der Waals surface area contributed by atoms with Crippen LogP contribution in [0.2, 0.25) is 10.0 Å². The first kappa shape index (κ1) is 21.9. The Morgan fingerprint density at radius 3 is 2.45 bits per heavy atom. The second kappa shape index (κ2) is 8.52. The van der Waals surface area contributed by atoms with E-state index in [1.165, 1.54) is 6.07 Å². The highest BCUT2D eigenvalue weighted by Gasteiger charge is 2.45. The fourth-order valence-electron chi connectivity index (χ4n) is 3.24. The van der Waals surface area contributed by atoms with Gasteiger partial charge in [0, 0.05) is 10.6 Å². The Balaban J connectivity index is 1.92. The summed E-state index contributed by atoms with van der Waals surface area (Å²) in [7, 11) is 0. The van der Waals surface area contributed by atoms with Crippen LogP contribution >= 0.6 is 23.2 Å². The van der Waals surface area contributed by atoms with E-state index in [-0.39, 0.29) is 21.3 Å². The van der Waals surface area contributed by atoms with Gasteiger partial charge in [0.1, 0.15) is 5.82 Å². The van der Waals surface area contributed by atoms with Crippen molar-refractivity contribution in [1.29, 1.82) is 0 Å². The van der Waals surface area contributed by atoms with Crippen molar-refractivity contribution in [2.24, 2.45) is 11.8 Å². The van der Waals surface area contributed by atoms with Crippen LogP contribution in [0, 0.1) is 17.7 Å². The summed E-state index contributed by atoms with van der Waals surface area (Å²) in [6.45, 7) is 0.851. The maximum atomic E-state index is 14.4. The minimum atomic E-state index is -4.70. The van der Waals surface area contributed by atoms with E-state index in [2.05, 4.69) is 5.32 Å². The number of anilines is 1. The van der Waals surface area contributed by atoms with Gasteiger partial charge >= 0.3 is 6.18 Å². The molecule has 2 atom stereocenters. The molecule has 1 amide bonds. The fourth-order valence-corrected chi connectivity index (χ4v) is 3.56. The molecule has 0 aliphatic heterocycles. The van der Waals surface area contributed by atoms with Crippen LogP contribution in [0.3, 0.4) is 0 Å². The summed E-state index contributed by atoms with van der Waals surface area (Å²) < 4.78 is 54.7. The molecule has 0 aromatic heterocycles. The Bertz CT molecular complexity index is 912. The van der Waals surface area contributed by atoms with Gasteiger partial charge in [-0.15, -0.1) is 0 Å². The van der Waals surface area contributed by atoms with Gasteiger partial charge in [-0.1, -0.05) is 42.3 Å². The lowest BCUT2D eigenvalue weighted by atomic mass is 9.85. The molecular weight excluding hydrogens is 429 g/mol. The number of halogens is 6. The molecule has 2 aromatic rings. The van der Waals surface area contributed by atoms with Crippen LogP contribution in [0.15, 0.2) is 36.4 Å². The second-order valence-corrected chi connectivity index (χ2v) is 8.27. The zero-order valence-electron chi connectivity index (χ0n) is 15.5. The molecule has 0 saturated heterocycles. The summed E-state index contributed by atoms with van der Waals surface area (Å²) in [6, 6.07) is 8.34. The zero-order valence-corrected chi connectivity index (χ0v) is 17.0. The number of alkyl halides is 3. The van der Waals surface area contributed by atoms with Crippen LogP contribution in [0.5, 0.6) is 0 Å². The number of hydrogen-bond acceptors (Lipinski definition) is 1. The molecule has 1 aliphatic carbocycles. The minimum Gasteiger partial charge on any atom is -0.324 e. The number of rotatable bonds is 6. The molecule has 0 heterocycles. The van der Waals surface area contributed by atoms with Crippen LogP contribution in [0.25, 0.3) is 0 Å². The van der Waals surface area contributed by atoms with Crippen molar-refractivity contribution < 1.29 is 22.4 Å². The van der Waals surface area contributed by atoms with Crippen LogP contribution in [-0.2, 0) is 11.2 Å². The standard InChI is InChI=1S/C21H19Cl2F4NO/c1-11(21(25,26)27)19(15-6-5-14(22)10-17(15)24)20(29)28-18-9-13(4-7-16(18)23)8-12-2-3-12/h4-7,9-12,19H,2-3,8H2,1H3,(H,28,29)/t11-,19+/m1/s1. The monoisotopic (exact) mass is 447 g/mol. The van der Waals surface area contributed by atoms with E-state index < -0.39 is 29.7 Å². The van der Waals surface area contributed by atoms with Gasteiger partial charge in [-0.3, -0.25) is 4.79 Å². The molecule has 0 unspecified atom stereocenters. The third-order valence-electron chi connectivity index (χ3n) is 5.11. The zero-order chi connectivity index (χ0) is 21.3. The lowest BCUT2D eigenvalue weighted by molar-refractivity contribution is -0.178. The molecule has 0 spiro atoms. The molecule has 156 valence electrons. The third kappa shape index (κ3) is 5.43. The van der Waals surface area contributed by atoms with Crippen LogP contribution in [0.1, 0.15) is 36.8 Å². The van der Waals surface area contributed by atoms with Gasteiger partial charge in [0.2, 0.25) is 5.91 Å². The average Bonchev–Trinajstić information content (AvgIpc) is 3.43. The molecule has 3 rings (SSSR count). The van der Waals surface area contributed by atoms with E-state index in [9.17, 15) is 22.4 Å². The van der Waals surface area contributed by atoms with Gasteiger partial charge in [0.05, 0.1) is 22.5 Å². The number of hydrogen-bond donors (Lipinski definition) is 1. The quantitative estimate of drug-likeness (QED) is 0.474. The molecule has 2 nitrogen and oxygen atoms in total. The summed E-state index contributed by atoms with van der Waals surface area (Å²) in [4.78, 5) is 12.9. The molecular formula is C21H19Cl2F4NO. The van der Waals surface area contributed by atoms with Crippen molar-refractivity contribution in [3.05, 3.63) is 63.4 Å². The van der Waals surface area contributed by atoms with E-state index in [1.54, 1.807) is 12.1 Å². The van der Waals surface area contributed by atoms with Crippen LogP contribution in [0.4, 0.5) is 23.2 Å². The summed E-state index contributed by atoms with van der Waals surface area (Å²) in [5.74, 6) is -5.29. The Hall–Kier alpha value is -1.79. The molecule has 1 aliphatic rings. The Morgan fingerprint density at radius 2 is 1.86 bits per heavy atom. The Kier molecular flexibility index (Phi) is 6.44. The second-order valence-electron chi connectivity index (χ2n) is 7.42. The van der Waals surface area contributed by atoms with Gasteiger partial charge in [-0.2, -0.15) is 13.2 Å². The third-order valence-corrected chi connectivity index (χ3v) is 5.67. The maximum Gasteiger partial charge on any atom is 0.392 e. The van der Waals surface area contributed by atoms with Crippen LogP contribution < -0.4 is 5.32 Å². The van der Waals surface area contributed by atoms with E-state index in [1.807, 2.05) is 6.07 Å². The number of carbonyl (C=O) groups is 1. The molecule has 1 N–H and O–H groups in total. The summed E-state index contributed by atoms with van der Waals surface area (Å²) in [6.07, 6.45) is -1.63. The van der Waals surface area contributed by atoms with Gasteiger partial charge in [0.15, 0.2) is 0 Å². The minimum absolute atomic E-state index is 0.0286. The predicted octanol–water partition coefficient (Wildman–Crippen LogP) is 7.01.